The van der Waals surface area contributed by atoms with E-state index in [2.05, 4.69) is 21.9 Å². The molecule has 0 aromatic heterocycles. The minimum atomic E-state index is -4.64. The highest BCUT2D eigenvalue weighted by Gasteiger charge is 2.00. The fourth-order valence-electron chi connectivity index (χ4n) is 1.09. The first-order valence-electron chi connectivity index (χ1n) is 6.42. The van der Waals surface area contributed by atoms with Crippen LogP contribution in [0.15, 0.2) is 12.3 Å². The normalized spacial score (nSPS) is 11.2. The fraction of sp³-hybridized carbons (Fsp3) is 0.818. The minimum Gasteiger partial charge on any atom is -0.314 e. The van der Waals surface area contributed by atoms with Gasteiger partial charge in [0.1, 0.15) is 6.26 Å². The molecule has 9 heteroatoms. The molecule has 0 aliphatic carbocycles. The average molecular weight is 316 g/mol. The summed E-state index contributed by atoms with van der Waals surface area (Å²) in [4.78, 5) is 30.7. The number of phosphoric acid groups is 1. The van der Waals surface area contributed by atoms with Crippen molar-refractivity contribution >= 4 is 7.82 Å². The summed E-state index contributed by atoms with van der Waals surface area (Å²) >= 11 is 0. The van der Waals surface area contributed by atoms with Gasteiger partial charge in [-0.05, 0) is 24.5 Å². The van der Waals surface area contributed by atoms with E-state index in [0.29, 0.717) is 6.61 Å². The third-order valence-electron chi connectivity index (χ3n) is 1.89. The molecule has 0 unspecified atom stereocenters. The summed E-state index contributed by atoms with van der Waals surface area (Å²) in [5.74, 6) is 0. The predicted molar refractivity (Wildman–Crippen MR) is 71.7 cm³/mol. The molecule has 0 aliphatic rings. The van der Waals surface area contributed by atoms with E-state index in [9.17, 15) is 0 Å². The summed E-state index contributed by atoms with van der Waals surface area (Å²) in [6, 6.07) is 0. The molecule has 0 saturated heterocycles. The Bertz CT molecular complexity index is 245. The highest BCUT2D eigenvalue weighted by Crippen LogP contribution is 2.25. The van der Waals surface area contributed by atoms with Crippen molar-refractivity contribution in [2.24, 2.45) is 0 Å². The molecule has 8 nitrogen and oxygen atoms in total. The molecule has 0 aliphatic heterocycles. The second-order valence-electron chi connectivity index (χ2n) is 3.80. The first-order chi connectivity index (χ1) is 9.41. The Hall–Kier alpha value is -0.470. The van der Waals surface area contributed by atoms with Crippen molar-refractivity contribution in [2.45, 2.75) is 52.4 Å². The number of rotatable bonds is 11. The van der Waals surface area contributed by atoms with Crippen LogP contribution in [0.3, 0.4) is 0 Å². The van der Waals surface area contributed by atoms with Crippen LogP contribution in [0.1, 0.15) is 52.4 Å². The van der Waals surface area contributed by atoms with Crippen molar-refractivity contribution in [3.63, 3.8) is 0 Å². The van der Waals surface area contributed by atoms with Gasteiger partial charge in [-0.25, -0.2) is 9.45 Å². The first-order valence-corrected chi connectivity index (χ1v) is 7.99. The molecule has 0 heterocycles. The highest BCUT2D eigenvalue weighted by atomic mass is 31.2. The lowest BCUT2D eigenvalue weighted by atomic mass is 10.1. The Labute approximate surface area is 119 Å². The minimum absolute atomic E-state index is 0.533. The SMILES string of the molecule is CC=COOOOCCCCCCCC.O=P(O)(O)O. The van der Waals surface area contributed by atoms with E-state index >= 15 is 0 Å². The van der Waals surface area contributed by atoms with E-state index in [-0.39, 0.29) is 0 Å². The quantitative estimate of drug-likeness (QED) is 0.175. The molecule has 0 amide bonds. The fourth-order valence-corrected chi connectivity index (χ4v) is 1.09. The molecule has 20 heavy (non-hydrogen) atoms. The smallest absolute Gasteiger partial charge is 0.314 e. The molecule has 122 valence electrons. The third kappa shape index (κ3) is 36.0. The molecule has 0 aromatic carbocycles. The molecular weight excluding hydrogens is 291 g/mol. The van der Waals surface area contributed by atoms with E-state index in [1.54, 1.807) is 13.0 Å². The summed E-state index contributed by atoms with van der Waals surface area (Å²) in [7, 11) is -4.64. The Kier molecular flexibility index (Phi) is 18.1. The lowest BCUT2D eigenvalue weighted by Crippen LogP contribution is -1.97. The standard InChI is InChI=1S/C11H22O4.H3O4P/c1-3-5-6-7-8-9-11-13-15-14-12-10-4-2;1-5(2,3)4/h4,10H,3,5-9,11H2,1-2H3;(H3,1,2,3,4). The van der Waals surface area contributed by atoms with E-state index in [4.69, 9.17) is 24.1 Å². The maximum absolute atomic E-state index is 8.88. The Morgan fingerprint density at radius 3 is 2.10 bits per heavy atom. The number of hydrogen-bond acceptors (Lipinski definition) is 5. The largest absolute Gasteiger partial charge is 0.466 e. The summed E-state index contributed by atoms with van der Waals surface area (Å²) in [6.07, 6.45) is 10.3. The lowest BCUT2D eigenvalue weighted by Gasteiger charge is -2.01. The van der Waals surface area contributed by atoms with Gasteiger partial charge in [0.25, 0.3) is 0 Å². The van der Waals surface area contributed by atoms with Gasteiger partial charge < -0.3 is 19.6 Å². The molecule has 0 rings (SSSR count). The predicted octanol–water partition coefficient (Wildman–Crippen LogP) is 2.76. The number of hydrogen-bond donors (Lipinski definition) is 3. The van der Waals surface area contributed by atoms with Crippen molar-refractivity contribution in [1.82, 2.24) is 0 Å². The van der Waals surface area contributed by atoms with Crippen LogP contribution in [0.5, 0.6) is 0 Å². The second kappa shape index (κ2) is 16.6. The van der Waals surface area contributed by atoms with Crippen LogP contribution in [-0.4, -0.2) is 21.3 Å². The number of unbranched alkanes of at least 4 members (excludes halogenated alkanes) is 5. The zero-order chi connectivity index (χ0) is 15.7. The van der Waals surface area contributed by atoms with Gasteiger partial charge in [-0.2, -0.15) is 0 Å². The topological polar surface area (TPSA) is 115 Å². The highest BCUT2D eigenvalue weighted by molar-refractivity contribution is 7.45. The zero-order valence-corrected chi connectivity index (χ0v) is 12.8. The van der Waals surface area contributed by atoms with E-state index in [0.717, 1.165) is 6.42 Å². The first kappa shape index (κ1) is 21.8. The second-order valence-corrected chi connectivity index (χ2v) is 4.83. The molecular formula is C11H25O8P. The molecule has 0 spiro atoms. The molecule has 0 fully saturated rings. The van der Waals surface area contributed by atoms with Crippen molar-refractivity contribution in [1.29, 1.82) is 0 Å². The van der Waals surface area contributed by atoms with Gasteiger partial charge in [0.2, 0.25) is 0 Å². The molecule has 0 aromatic rings. The monoisotopic (exact) mass is 316 g/mol. The third-order valence-corrected chi connectivity index (χ3v) is 1.89. The Morgan fingerprint density at radius 2 is 1.55 bits per heavy atom. The molecule has 0 saturated carbocycles. The van der Waals surface area contributed by atoms with Crippen molar-refractivity contribution < 1.29 is 39.1 Å². The zero-order valence-electron chi connectivity index (χ0n) is 11.9. The van der Waals surface area contributed by atoms with E-state index < -0.39 is 7.82 Å². The van der Waals surface area contributed by atoms with Crippen LogP contribution in [0.4, 0.5) is 0 Å². The maximum Gasteiger partial charge on any atom is 0.466 e. The van der Waals surface area contributed by atoms with Gasteiger partial charge in [-0.3, -0.25) is 0 Å². The lowest BCUT2D eigenvalue weighted by molar-refractivity contribution is -0.621. The van der Waals surface area contributed by atoms with Crippen LogP contribution < -0.4 is 0 Å². The van der Waals surface area contributed by atoms with Crippen LogP contribution in [0, 0.1) is 0 Å². The Balaban J connectivity index is 0. The molecule has 3 N–H and O–H groups in total. The number of allylic oxidation sites excluding steroid dienone is 1. The van der Waals surface area contributed by atoms with Crippen LogP contribution in [-0.2, 0) is 24.4 Å². The Morgan fingerprint density at radius 1 is 1.00 bits per heavy atom. The maximum atomic E-state index is 8.88. The van der Waals surface area contributed by atoms with Crippen LogP contribution in [0.2, 0.25) is 0 Å². The van der Waals surface area contributed by atoms with Crippen molar-refractivity contribution in [2.75, 3.05) is 6.61 Å². The molecule has 0 atom stereocenters. The van der Waals surface area contributed by atoms with Gasteiger partial charge in [0.05, 0.1) is 6.61 Å². The van der Waals surface area contributed by atoms with Crippen LogP contribution in [0.25, 0.3) is 0 Å². The summed E-state index contributed by atoms with van der Waals surface area (Å²) < 4.78 is 8.88. The van der Waals surface area contributed by atoms with Crippen molar-refractivity contribution in [3.05, 3.63) is 12.3 Å². The summed E-state index contributed by atoms with van der Waals surface area (Å²) in [6.45, 7) is 4.55. The van der Waals surface area contributed by atoms with E-state index in [1.165, 1.54) is 38.4 Å². The van der Waals surface area contributed by atoms with Crippen molar-refractivity contribution in [3.8, 4) is 0 Å². The summed E-state index contributed by atoms with van der Waals surface area (Å²) in [5, 5.41) is 8.50. The van der Waals surface area contributed by atoms with E-state index in [1.807, 2.05) is 0 Å². The molecule has 0 radical (unpaired) electrons. The van der Waals surface area contributed by atoms with Gasteiger partial charge in [0.15, 0.2) is 0 Å². The van der Waals surface area contributed by atoms with Gasteiger partial charge in [0, 0.05) is 5.04 Å². The summed E-state index contributed by atoms with van der Waals surface area (Å²) in [5.41, 5.74) is 0. The van der Waals surface area contributed by atoms with Gasteiger partial charge in [-0.1, -0.05) is 39.0 Å². The van der Waals surface area contributed by atoms with Crippen LogP contribution >= 0.6 is 7.82 Å². The van der Waals surface area contributed by atoms with Gasteiger partial charge >= 0.3 is 7.82 Å². The van der Waals surface area contributed by atoms with Gasteiger partial charge in [-0.15, -0.1) is 0 Å². The average Bonchev–Trinajstić information content (AvgIpc) is 2.34. The molecule has 0 bridgehead atoms.